The molecule has 0 saturated carbocycles. The number of carbonyl (C=O) groups is 1. The Kier molecular flexibility index (Phi) is 3.67. The molecule has 2 N–H and O–H groups in total. The minimum atomic E-state index is -0.141. The van der Waals surface area contributed by atoms with Gasteiger partial charge in [-0.1, -0.05) is 42.5 Å². The zero-order valence-electron chi connectivity index (χ0n) is 11.4. The molecule has 0 aromatic heterocycles. The number of aliphatic hydroxyl groups is 1. The summed E-state index contributed by atoms with van der Waals surface area (Å²) in [6, 6.07) is 20.7. The third-order valence-corrected chi connectivity index (χ3v) is 3.41. The van der Waals surface area contributed by atoms with Gasteiger partial charge in [-0.05, 0) is 40.6 Å². The highest BCUT2D eigenvalue weighted by Gasteiger charge is 2.06. The van der Waals surface area contributed by atoms with Crippen LogP contribution in [0, 0.1) is 0 Å². The normalized spacial score (nSPS) is 10.5. The highest BCUT2D eigenvalue weighted by Crippen LogP contribution is 2.17. The molecule has 0 atom stereocenters. The first-order valence-corrected chi connectivity index (χ1v) is 6.76. The van der Waals surface area contributed by atoms with Crippen LogP contribution in [0.1, 0.15) is 15.9 Å². The van der Waals surface area contributed by atoms with Crippen molar-refractivity contribution >= 4 is 22.4 Å². The van der Waals surface area contributed by atoms with Gasteiger partial charge in [0.05, 0.1) is 6.61 Å². The minimum Gasteiger partial charge on any atom is -0.392 e. The highest BCUT2D eigenvalue weighted by atomic mass is 16.3. The van der Waals surface area contributed by atoms with Crippen molar-refractivity contribution in [1.82, 2.24) is 0 Å². The zero-order valence-corrected chi connectivity index (χ0v) is 11.4. The fourth-order valence-electron chi connectivity index (χ4n) is 2.23. The van der Waals surface area contributed by atoms with Crippen LogP contribution in [0.25, 0.3) is 10.8 Å². The second-order valence-electron chi connectivity index (χ2n) is 4.87. The molecule has 104 valence electrons. The molecule has 0 radical (unpaired) electrons. The van der Waals surface area contributed by atoms with Crippen molar-refractivity contribution in [3.05, 3.63) is 77.9 Å². The van der Waals surface area contributed by atoms with Crippen LogP contribution >= 0.6 is 0 Å². The second kappa shape index (κ2) is 5.77. The predicted octanol–water partition coefficient (Wildman–Crippen LogP) is 3.58. The summed E-state index contributed by atoms with van der Waals surface area (Å²) in [5.74, 6) is -0.141. The Bertz CT molecular complexity index is 779. The molecule has 21 heavy (non-hydrogen) atoms. The van der Waals surface area contributed by atoms with Crippen LogP contribution in [0.15, 0.2) is 66.7 Å². The molecule has 3 rings (SSSR count). The number of carbonyl (C=O) groups excluding carboxylic acids is 1. The number of anilines is 1. The summed E-state index contributed by atoms with van der Waals surface area (Å²) in [6.07, 6.45) is 0. The fourth-order valence-corrected chi connectivity index (χ4v) is 2.23. The fraction of sp³-hybridized carbons (Fsp3) is 0.0556. The van der Waals surface area contributed by atoms with E-state index in [0.717, 1.165) is 16.3 Å². The molecule has 0 heterocycles. The molecule has 3 heteroatoms. The molecule has 0 unspecified atom stereocenters. The van der Waals surface area contributed by atoms with Crippen LogP contribution in [0.2, 0.25) is 0 Å². The Morgan fingerprint density at radius 3 is 2.33 bits per heavy atom. The Labute approximate surface area is 122 Å². The summed E-state index contributed by atoms with van der Waals surface area (Å²) in [7, 11) is 0. The minimum absolute atomic E-state index is 0.00109. The Balaban J connectivity index is 1.82. The Morgan fingerprint density at radius 1 is 0.905 bits per heavy atom. The SMILES string of the molecule is O=C(Nc1ccc(CO)cc1)c1ccc2ccccc2c1. The molecule has 3 aromatic carbocycles. The predicted molar refractivity (Wildman–Crippen MR) is 84.3 cm³/mol. The van der Waals surface area contributed by atoms with Gasteiger partial charge in [0, 0.05) is 11.3 Å². The van der Waals surface area contributed by atoms with Gasteiger partial charge in [0.25, 0.3) is 5.91 Å². The van der Waals surface area contributed by atoms with Gasteiger partial charge >= 0.3 is 0 Å². The first kappa shape index (κ1) is 13.3. The van der Waals surface area contributed by atoms with Crippen molar-refractivity contribution in [2.75, 3.05) is 5.32 Å². The van der Waals surface area contributed by atoms with E-state index in [4.69, 9.17) is 5.11 Å². The third-order valence-electron chi connectivity index (χ3n) is 3.41. The molecule has 0 aliphatic carbocycles. The molecule has 3 aromatic rings. The zero-order chi connectivity index (χ0) is 14.7. The highest BCUT2D eigenvalue weighted by molar-refractivity contribution is 6.06. The summed E-state index contributed by atoms with van der Waals surface area (Å²) in [5, 5.41) is 14.0. The average molecular weight is 277 g/mol. The first-order chi connectivity index (χ1) is 10.3. The molecule has 1 amide bonds. The molecular weight excluding hydrogens is 262 g/mol. The second-order valence-corrected chi connectivity index (χ2v) is 4.87. The van der Waals surface area contributed by atoms with Crippen LogP contribution in [-0.4, -0.2) is 11.0 Å². The van der Waals surface area contributed by atoms with Crippen molar-refractivity contribution in [2.45, 2.75) is 6.61 Å². The molecule has 0 bridgehead atoms. The number of benzene rings is 3. The number of nitrogens with one attached hydrogen (secondary N) is 1. The van der Waals surface area contributed by atoms with Crippen molar-refractivity contribution in [1.29, 1.82) is 0 Å². The van der Waals surface area contributed by atoms with Crippen LogP contribution in [-0.2, 0) is 6.61 Å². The van der Waals surface area contributed by atoms with E-state index in [9.17, 15) is 4.79 Å². The number of aliphatic hydroxyl groups excluding tert-OH is 1. The lowest BCUT2D eigenvalue weighted by molar-refractivity contribution is 0.102. The van der Waals surface area contributed by atoms with E-state index in [1.807, 2.05) is 42.5 Å². The van der Waals surface area contributed by atoms with Gasteiger partial charge in [-0.25, -0.2) is 0 Å². The Morgan fingerprint density at radius 2 is 1.62 bits per heavy atom. The van der Waals surface area contributed by atoms with Crippen molar-refractivity contribution < 1.29 is 9.90 Å². The van der Waals surface area contributed by atoms with Crippen LogP contribution in [0.3, 0.4) is 0 Å². The first-order valence-electron chi connectivity index (χ1n) is 6.76. The monoisotopic (exact) mass is 277 g/mol. The number of hydrogen-bond acceptors (Lipinski definition) is 2. The van der Waals surface area contributed by atoms with E-state index in [-0.39, 0.29) is 12.5 Å². The van der Waals surface area contributed by atoms with E-state index in [1.165, 1.54) is 0 Å². The summed E-state index contributed by atoms with van der Waals surface area (Å²) >= 11 is 0. The maximum Gasteiger partial charge on any atom is 0.255 e. The molecule has 0 spiro atoms. The van der Waals surface area contributed by atoms with E-state index in [1.54, 1.807) is 24.3 Å². The summed E-state index contributed by atoms with van der Waals surface area (Å²) in [6.45, 7) is -0.00109. The van der Waals surface area contributed by atoms with Crippen LogP contribution in [0.4, 0.5) is 5.69 Å². The lowest BCUT2D eigenvalue weighted by Gasteiger charge is -2.07. The third kappa shape index (κ3) is 2.93. The molecule has 0 aliphatic rings. The average Bonchev–Trinajstić information content (AvgIpc) is 2.55. The number of amides is 1. The van der Waals surface area contributed by atoms with Gasteiger partial charge in [-0.2, -0.15) is 0 Å². The molecule has 3 nitrogen and oxygen atoms in total. The quantitative estimate of drug-likeness (QED) is 0.768. The smallest absolute Gasteiger partial charge is 0.255 e. The number of fused-ring (bicyclic) bond motifs is 1. The number of hydrogen-bond donors (Lipinski definition) is 2. The summed E-state index contributed by atoms with van der Waals surface area (Å²) < 4.78 is 0. The van der Waals surface area contributed by atoms with Crippen molar-refractivity contribution in [2.24, 2.45) is 0 Å². The van der Waals surface area contributed by atoms with Gasteiger partial charge in [-0.3, -0.25) is 4.79 Å². The summed E-state index contributed by atoms with van der Waals surface area (Å²) in [4.78, 5) is 12.3. The molecular formula is C18H15NO2. The van der Waals surface area contributed by atoms with Gasteiger partial charge in [-0.15, -0.1) is 0 Å². The van der Waals surface area contributed by atoms with E-state index < -0.39 is 0 Å². The van der Waals surface area contributed by atoms with E-state index >= 15 is 0 Å². The van der Waals surface area contributed by atoms with Gasteiger partial charge in [0.15, 0.2) is 0 Å². The molecule has 0 saturated heterocycles. The van der Waals surface area contributed by atoms with Gasteiger partial charge in [0.1, 0.15) is 0 Å². The van der Waals surface area contributed by atoms with E-state index in [0.29, 0.717) is 11.3 Å². The largest absolute Gasteiger partial charge is 0.392 e. The lowest BCUT2D eigenvalue weighted by atomic mass is 10.1. The number of rotatable bonds is 3. The molecule has 0 fully saturated rings. The van der Waals surface area contributed by atoms with E-state index in [2.05, 4.69) is 5.32 Å². The van der Waals surface area contributed by atoms with Crippen LogP contribution in [0.5, 0.6) is 0 Å². The van der Waals surface area contributed by atoms with Gasteiger partial charge in [0.2, 0.25) is 0 Å². The van der Waals surface area contributed by atoms with Gasteiger partial charge < -0.3 is 10.4 Å². The molecule has 0 aliphatic heterocycles. The maximum absolute atomic E-state index is 12.3. The van der Waals surface area contributed by atoms with Crippen molar-refractivity contribution in [3.63, 3.8) is 0 Å². The topological polar surface area (TPSA) is 49.3 Å². The summed E-state index contributed by atoms with van der Waals surface area (Å²) in [5.41, 5.74) is 2.16. The van der Waals surface area contributed by atoms with Crippen molar-refractivity contribution in [3.8, 4) is 0 Å². The maximum atomic E-state index is 12.3. The Hall–Kier alpha value is -2.65. The standard InChI is InChI=1S/C18H15NO2/c20-12-13-5-9-17(10-6-13)19-18(21)16-8-7-14-3-1-2-4-15(14)11-16/h1-11,20H,12H2,(H,19,21). The van der Waals surface area contributed by atoms with Crippen LogP contribution < -0.4 is 5.32 Å². The lowest BCUT2D eigenvalue weighted by Crippen LogP contribution is -2.11.